The van der Waals surface area contributed by atoms with Gasteiger partial charge in [0.2, 0.25) is 23.6 Å². The topological polar surface area (TPSA) is 129 Å². The number of benzene rings is 2. The molecule has 9 rings (SSSR count). The predicted octanol–water partition coefficient (Wildman–Crippen LogP) is 3.83. The van der Waals surface area contributed by atoms with Crippen LogP contribution < -0.4 is 5.32 Å². The molecule has 2 aliphatic heterocycles. The summed E-state index contributed by atoms with van der Waals surface area (Å²) < 4.78 is 0. The minimum absolute atomic E-state index is 0.0564. The van der Waals surface area contributed by atoms with Gasteiger partial charge in [0.15, 0.2) is 0 Å². The molecule has 4 amide bonds. The summed E-state index contributed by atoms with van der Waals surface area (Å²) in [6.07, 6.45) is 5.97. The first-order valence-electron chi connectivity index (χ1n) is 19.2. The Hall–Kier alpha value is -3.93. The molecule has 4 bridgehead atoms. The Kier molecular flexibility index (Phi) is 9.56. The number of fused-ring (bicyclic) bond motifs is 1. The number of likely N-dealkylation sites (tertiary alicyclic amines) is 1. The van der Waals surface area contributed by atoms with Crippen molar-refractivity contribution in [3.8, 4) is 0 Å². The number of aliphatic hydroxyl groups is 1. The summed E-state index contributed by atoms with van der Waals surface area (Å²) >= 11 is 6.45. The summed E-state index contributed by atoms with van der Waals surface area (Å²) in [6, 6.07) is 13.3. The largest absolute Gasteiger partial charge is 0.391 e. The summed E-state index contributed by atoms with van der Waals surface area (Å²) in [5.41, 5.74) is 1.32. The van der Waals surface area contributed by atoms with E-state index in [4.69, 9.17) is 11.6 Å². The number of nitrogens with one attached hydrogen (secondary N) is 2. The highest BCUT2D eigenvalue weighted by Gasteiger charge is 2.65. The van der Waals surface area contributed by atoms with Crippen LogP contribution in [-0.4, -0.2) is 118 Å². The fourth-order valence-electron chi connectivity index (χ4n) is 10.9. The maximum atomic E-state index is 14.9. The molecule has 6 aliphatic rings. The van der Waals surface area contributed by atoms with E-state index >= 15 is 0 Å². The zero-order chi connectivity index (χ0) is 37.1. The van der Waals surface area contributed by atoms with E-state index in [9.17, 15) is 24.3 Å². The molecule has 4 aliphatic carbocycles. The average Bonchev–Trinajstić information content (AvgIpc) is 3.74. The molecule has 3 heterocycles. The van der Waals surface area contributed by atoms with Gasteiger partial charge in [0, 0.05) is 81.3 Å². The molecule has 1 aromatic heterocycles. The molecular weight excluding hydrogens is 692 g/mol. The van der Waals surface area contributed by atoms with E-state index < -0.39 is 34.9 Å². The zero-order valence-corrected chi connectivity index (χ0v) is 31.5. The molecule has 2 saturated heterocycles. The molecule has 12 heteroatoms. The van der Waals surface area contributed by atoms with Crippen LogP contribution in [0.2, 0.25) is 5.02 Å². The number of halogens is 1. The lowest BCUT2D eigenvalue weighted by molar-refractivity contribution is -0.181. The van der Waals surface area contributed by atoms with Crippen LogP contribution in [0.1, 0.15) is 56.1 Å². The molecule has 0 spiro atoms. The third-order valence-corrected chi connectivity index (χ3v) is 13.4. The second-order valence-corrected chi connectivity index (χ2v) is 17.3. The number of hydrogen-bond acceptors (Lipinski definition) is 6. The Balaban J connectivity index is 1.04. The van der Waals surface area contributed by atoms with Crippen molar-refractivity contribution in [2.75, 3.05) is 46.8 Å². The molecule has 4 saturated carbocycles. The monoisotopic (exact) mass is 742 g/mol. The fourth-order valence-corrected chi connectivity index (χ4v) is 11.1. The molecule has 5 atom stereocenters. The third-order valence-electron chi connectivity index (χ3n) is 13.1. The van der Waals surface area contributed by atoms with Gasteiger partial charge in [-0.1, -0.05) is 48.0 Å². The molecule has 2 aromatic carbocycles. The lowest BCUT2D eigenvalue weighted by atomic mass is 9.43. The van der Waals surface area contributed by atoms with Crippen LogP contribution in [0.15, 0.2) is 54.7 Å². The molecule has 5 unspecified atom stereocenters. The number of aromatic amines is 1. The number of aromatic nitrogens is 1. The highest BCUT2D eigenvalue weighted by Crippen LogP contribution is 2.66. The number of carbonyl (C=O) groups excluding carboxylic acids is 4. The molecular formula is C41H51ClN6O5. The van der Waals surface area contributed by atoms with Gasteiger partial charge in [-0.3, -0.25) is 19.2 Å². The van der Waals surface area contributed by atoms with Crippen LogP contribution in [-0.2, 0) is 32.1 Å². The predicted molar refractivity (Wildman–Crippen MR) is 202 cm³/mol. The van der Waals surface area contributed by atoms with Crippen molar-refractivity contribution in [3.05, 3.63) is 70.9 Å². The van der Waals surface area contributed by atoms with Crippen LogP contribution in [0.25, 0.3) is 10.9 Å². The first-order valence-corrected chi connectivity index (χ1v) is 19.6. The van der Waals surface area contributed by atoms with E-state index in [1.54, 1.807) is 22.9 Å². The Bertz CT molecular complexity index is 1890. The molecule has 0 radical (unpaired) electrons. The molecule has 53 heavy (non-hydrogen) atoms. The number of para-hydroxylation sites is 1. The molecule has 6 fully saturated rings. The van der Waals surface area contributed by atoms with E-state index in [1.807, 2.05) is 53.6 Å². The van der Waals surface area contributed by atoms with Gasteiger partial charge in [0.05, 0.1) is 16.9 Å². The lowest BCUT2D eigenvalue weighted by Crippen LogP contribution is -2.64. The minimum atomic E-state index is -0.937. The second kappa shape index (κ2) is 14.0. The maximum Gasteiger partial charge on any atom is 0.245 e. The number of β-amino-alcohol motifs (C(OH)–C–C–N with tert-alkyl or cyclic N) is 1. The van der Waals surface area contributed by atoms with Crippen LogP contribution in [0.4, 0.5) is 0 Å². The molecule has 282 valence electrons. The SMILES string of the molecule is CN1CCN(C(=O)C23CC4CC(C2)CC(C(=O)N2CC(O)CC2C(=O)NC(Cc2c[nH]c5ccccc25)C(=O)N(C)Cc2ccccc2Cl)(C4)C3)CC1. The molecule has 3 N–H and O–H groups in total. The lowest BCUT2D eigenvalue weighted by Gasteiger charge is -2.61. The van der Waals surface area contributed by atoms with Crippen molar-refractivity contribution in [2.45, 2.75) is 76.1 Å². The van der Waals surface area contributed by atoms with Gasteiger partial charge in [0.1, 0.15) is 12.1 Å². The van der Waals surface area contributed by atoms with Gasteiger partial charge in [-0.25, -0.2) is 0 Å². The summed E-state index contributed by atoms with van der Waals surface area (Å²) in [6.45, 7) is 3.42. The number of H-pyrrole nitrogens is 1. The van der Waals surface area contributed by atoms with Gasteiger partial charge in [-0.2, -0.15) is 0 Å². The number of amides is 4. The number of nitrogens with zero attached hydrogens (tertiary/aromatic N) is 4. The third kappa shape index (κ3) is 6.74. The smallest absolute Gasteiger partial charge is 0.245 e. The van der Waals surface area contributed by atoms with Gasteiger partial charge in [0.25, 0.3) is 0 Å². The van der Waals surface area contributed by atoms with Crippen molar-refractivity contribution in [2.24, 2.45) is 22.7 Å². The highest BCUT2D eigenvalue weighted by molar-refractivity contribution is 6.31. The van der Waals surface area contributed by atoms with Crippen LogP contribution in [0.3, 0.4) is 0 Å². The van der Waals surface area contributed by atoms with Crippen molar-refractivity contribution in [1.29, 1.82) is 0 Å². The minimum Gasteiger partial charge on any atom is -0.391 e. The van der Waals surface area contributed by atoms with Crippen molar-refractivity contribution in [3.63, 3.8) is 0 Å². The zero-order valence-electron chi connectivity index (χ0n) is 30.7. The Morgan fingerprint density at radius 3 is 2.30 bits per heavy atom. The number of likely N-dealkylation sites (N-methyl/N-ethyl adjacent to an activating group) is 2. The number of carbonyl (C=O) groups is 4. The maximum absolute atomic E-state index is 14.9. The summed E-state index contributed by atoms with van der Waals surface area (Å²) in [5, 5.41) is 15.6. The highest BCUT2D eigenvalue weighted by atomic mass is 35.5. The number of piperazine rings is 1. The average molecular weight is 743 g/mol. The Morgan fingerprint density at radius 1 is 0.925 bits per heavy atom. The Morgan fingerprint density at radius 2 is 1.58 bits per heavy atom. The van der Waals surface area contributed by atoms with Gasteiger partial charge in [-0.05, 0) is 80.7 Å². The summed E-state index contributed by atoms with van der Waals surface area (Å²) in [7, 11) is 3.78. The van der Waals surface area contributed by atoms with Gasteiger partial charge < -0.3 is 35.0 Å². The van der Waals surface area contributed by atoms with E-state index in [1.165, 1.54) is 0 Å². The summed E-state index contributed by atoms with van der Waals surface area (Å²) in [4.78, 5) is 68.5. The number of hydrogen-bond donors (Lipinski definition) is 3. The van der Waals surface area contributed by atoms with Crippen LogP contribution in [0, 0.1) is 22.7 Å². The Labute approximate surface area is 316 Å². The van der Waals surface area contributed by atoms with Crippen molar-refractivity contribution >= 4 is 46.1 Å². The van der Waals surface area contributed by atoms with E-state index in [-0.39, 0.29) is 43.7 Å². The number of aliphatic hydroxyl groups excluding tert-OH is 1. The van der Waals surface area contributed by atoms with Crippen molar-refractivity contribution in [1.82, 2.24) is 29.9 Å². The first-order chi connectivity index (χ1) is 25.4. The molecule has 11 nitrogen and oxygen atoms in total. The van der Waals surface area contributed by atoms with Crippen LogP contribution >= 0.6 is 11.6 Å². The van der Waals surface area contributed by atoms with E-state index in [2.05, 4.69) is 22.2 Å². The standard InChI is InChI=1S/C41H51ClN6O5/c1-45-11-13-47(14-12-45)38(52)40-18-26-15-27(19-40)21-41(20-26,25-40)39(53)48-24-30(49)17-35(48)36(50)44-34(16-29-22-43-33-10-6-4-8-31(29)33)37(51)46(2)23-28-7-3-5-9-32(28)42/h3-10,22,26-27,30,34-35,43,49H,11-21,23-25H2,1-2H3,(H,44,50). The number of rotatable bonds is 9. The second-order valence-electron chi connectivity index (χ2n) is 16.9. The van der Waals surface area contributed by atoms with Crippen LogP contribution in [0.5, 0.6) is 0 Å². The summed E-state index contributed by atoms with van der Waals surface area (Å²) in [5.74, 6) is -0.0644. The van der Waals surface area contributed by atoms with E-state index in [0.29, 0.717) is 36.4 Å². The fraction of sp³-hybridized carbons (Fsp3) is 0.561. The quantitative estimate of drug-likeness (QED) is 0.306. The van der Waals surface area contributed by atoms with Gasteiger partial charge in [-0.15, -0.1) is 0 Å². The molecule has 3 aromatic rings. The first kappa shape index (κ1) is 36.1. The van der Waals surface area contributed by atoms with Crippen molar-refractivity contribution < 1.29 is 24.3 Å². The van der Waals surface area contributed by atoms with Gasteiger partial charge >= 0.3 is 0 Å². The van der Waals surface area contributed by atoms with E-state index in [0.717, 1.165) is 67.2 Å². The normalized spacial score (nSPS) is 30.1.